The van der Waals surface area contributed by atoms with Crippen LogP contribution in [0.4, 0.5) is 5.13 Å². The van der Waals surface area contributed by atoms with E-state index in [-0.39, 0.29) is 0 Å². The van der Waals surface area contributed by atoms with E-state index < -0.39 is 0 Å². The van der Waals surface area contributed by atoms with Gasteiger partial charge in [0.1, 0.15) is 0 Å². The largest absolute Gasteiger partial charge is 0.361 e. The molecule has 0 saturated heterocycles. The SMILES string of the molecule is CC(CCNc1nc2ccc(Br)cc2s1)c1ccccc1. The number of nitrogens with one attached hydrogen (secondary N) is 1. The molecule has 1 heterocycles. The molecule has 0 fully saturated rings. The highest BCUT2D eigenvalue weighted by Crippen LogP contribution is 2.28. The van der Waals surface area contributed by atoms with E-state index in [9.17, 15) is 0 Å². The molecule has 0 saturated carbocycles. The normalized spacial score (nSPS) is 12.5. The van der Waals surface area contributed by atoms with E-state index in [1.807, 2.05) is 12.1 Å². The van der Waals surface area contributed by atoms with E-state index in [0.717, 1.165) is 28.1 Å². The van der Waals surface area contributed by atoms with Gasteiger partial charge in [-0.05, 0) is 36.1 Å². The molecule has 0 spiro atoms. The van der Waals surface area contributed by atoms with Gasteiger partial charge in [0.25, 0.3) is 0 Å². The van der Waals surface area contributed by atoms with E-state index in [4.69, 9.17) is 0 Å². The molecule has 108 valence electrons. The summed E-state index contributed by atoms with van der Waals surface area (Å²) in [5.41, 5.74) is 2.45. The van der Waals surface area contributed by atoms with Crippen LogP contribution >= 0.6 is 27.3 Å². The van der Waals surface area contributed by atoms with Gasteiger partial charge in [-0.3, -0.25) is 0 Å². The monoisotopic (exact) mass is 360 g/mol. The maximum absolute atomic E-state index is 4.61. The number of hydrogen-bond donors (Lipinski definition) is 1. The summed E-state index contributed by atoms with van der Waals surface area (Å²) in [5.74, 6) is 0.558. The first kappa shape index (κ1) is 14.5. The molecule has 0 aliphatic carbocycles. The van der Waals surface area contributed by atoms with E-state index in [2.05, 4.69) is 69.6 Å². The second-order valence-electron chi connectivity index (χ2n) is 5.16. The van der Waals surface area contributed by atoms with Crippen LogP contribution in [0.1, 0.15) is 24.8 Å². The topological polar surface area (TPSA) is 24.9 Å². The number of anilines is 1. The predicted octanol–water partition coefficient (Wildman–Crippen LogP) is 5.66. The quantitative estimate of drug-likeness (QED) is 0.634. The average Bonchev–Trinajstić information content (AvgIpc) is 2.89. The first-order chi connectivity index (χ1) is 10.2. The zero-order valence-corrected chi connectivity index (χ0v) is 14.2. The summed E-state index contributed by atoms with van der Waals surface area (Å²) >= 11 is 5.20. The standard InChI is InChI=1S/C17H17BrN2S/c1-12(13-5-3-2-4-6-13)9-10-19-17-20-15-8-7-14(18)11-16(15)21-17/h2-8,11-12H,9-10H2,1H3,(H,19,20). The molecular formula is C17H17BrN2S. The van der Waals surface area contributed by atoms with Gasteiger partial charge in [0.2, 0.25) is 0 Å². The maximum atomic E-state index is 4.61. The number of hydrogen-bond acceptors (Lipinski definition) is 3. The van der Waals surface area contributed by atoms with E-state index >= 15 is 0 Å². The fourth-order valence-electron chi connectivity index (χ4n) is 2.32. The predicted molar refractivity (Wildman–Crippen MR) is 95.3 cm³/mol. The molecule has 2 aromatic carbocycles. The molecule has 1 N–H and O–H groups in total. The molecule has 3 rings (SSSR count). The molecule has 4 heteroatoms. The van der Waals surface area contributed by atoms with Crippen molar-refractivity contribution in [2.45, 2.75) is 19.3 Å². The summed E-state index contributed by atoms with van der Waals surface area (Å²) in [6.07, 6.45) is 1.10. The summed E-state index contributed by atoms with van der Waals surface area (Å²) in [6.45, 7) is 3.21. The minimum absolute atomic E-state index is 0.558. The van der Waals surface area contributed by atoms with Crippen LogP contribution in [0, 0.1) is 0 Å². The van der Waals surface area contributed by atoms with Crippen LogP contribution in [0.15, 0.2) is 53.0 Å². The van der Waals surface area contributed by atoms with Gasteiger partial charge >= 0.3 is 0 Å². The van der Waals surface area contributed by atoms with Crippen molar-refractivity contribution < 1.29 is 0 Å². The molecule has 0 amide bonds. The lowest BCUT2D eigenvalue weighted by atomic mass is 9.98. The van der Waals surface area contributed by atoms with Crippen LogP contribution in [0.5, 0.6) is 0 Å². The van der Waals surface area contributed by atoms with Crippen molar-refractivity contribution in [3.63, 3.8) is 0 Å². The summed E-state index contributed by atoms with van der Waals surface area (Å²) in [4.78, 5) is 4.61. The number of thiazole rings is 1. The zero-order valence-electron chi connectivity index (χ0n) is 11.8. The Morgan fingerprint density at radius 2 is 2.00 bits per heavy atom. The number of benzene rings is 2. The zero-order chi connectivity index (χ0) is 14.7. The van der Waals surface area contributed by atoms with E-state index in [1.165, 1.54) is 10.3 Å². The van der Waals surface area contributed by atoms with E-state index in [1.54, 1.807) is 11.3 Å². The fraction of sp³-hybridized carbons (Fsp3) is 0.235. The molecule has 0 bridgehead atoms. The second-order valence-corrected chi connectivity index (χ2v) is 7.10. The van der Waals surface area contributed by atoms with Gasteiger partial charge < -0.3 is 5.32 Å². The lowest BCUT2D eigenvalue weighted by Crippen LogP contribution is -2.05. The first-order valence-electron chi connectivity index (χ1n) is 7.07. The van der Waals surface area contributed by atoms with Gasteiger partial charge in [0.15, 0.2) is 5.13 Å². The van der Waals surface area contributed by atoms with Crippen molar-refractivity contribution >= 4 is 42.6 Å². The third kappa shape index (κ3) is 3.63. The number of fused-ring (bicyclic) bond motifs is 1. The van der Waals surface area contributed by atoms with Crippen LogP contribution in [-0.4, -0.2) is 11.5 Å². The van der Waals surface area contributed by atoms with Crippen molar-refractivity contribution in [3.8, 4) is 0 Å². The van der Waals surface area contributed by atoms with Crippen LogP contribution < -0.4 is 5.32 Å². The van der Waals surface area contributed by atoms with Crippen molar-refractivity contribution in [3.05, 3.63) is 58.6 Å². The Hall–Kier alpha value is -1.39. The van der Waals surface area contributed by atoms with Gasteiger partial charge in [0.05, 0.1) is 10.2 Å². The van der Waals surface area contributed by atoms with Gasteiger partial charge in [-0.2, -0.15) is 0 Å². The number of rotatable bonds is 5. The third-order valence-electron chi connectivity index (χ3n) is 3.57. The van der Waals surface area contributed by atoms with Crippen LogP contribution in [-0.2, 0) is 0 Å². The fourth-order valence-corrected chi connectivity index (χ4v) is 3.76. The Morgan fingerprint density at radius 3 is 2.81 bits per heavy atom. The van der Waals surface area contributed by atoms with Crippen LogP contribution in [0.2, 0.25) is 0 Å². The molecule has 1 aromatic heterocycles. The van der Waals surface area contributed by atoms with Crippen molar-refractivity contribution in [1.82, 2.24) is 4.98 Å². The minimum atomic E-state index is 0.558. The Labute approximate surface area is 137 Å². The third-order valence-corrected chi connectivity index (χ3v) is 5.04. The highest BCUT2D eigenvalue weighted by molar-refractivity contribution is 9.10. The Kier molecular flexibility index (Phi) is 4.56. The molecular weight excluding hydrogens is 344 g/mol. The second kappa shape index (κ2) is 6.58. The highest BCUT2D eigenvalue weighted by atomic mass is 79.9. The van der Waals surface area contributed by atoms with Gasteiger partial charge in [0, 0.05) is 11.0 Å². The molecule has 21 heavy (non-hydrogen) atoms. The summed E-state index contributed by atoms with van der Waals surface area (Å²) in [5, 5.41) is 4.45. The molecule has 0 aliphatic rings. The highest BCUT2D eigenvalue weighted by Gasteiger charge is 2.06. The first-order valence-corrected chi connectivity index (χ1v) is 8.68. The molecule has 1 unspecified atom stereocenters. The van der Waals surface area contributed by atoms with Gasteiger partial charge in [-0.15, -0.1) is 0 Å². The molecule has 1 atom stereocenters. The lowest BCUT2D eigenvalue weighted by molar-refractivity contribution is 0.706. The number of aromatic nitrogens is 1. The number of halogens is 1. The average molecular weight is 361 g/mol. The van der Waals surface area contributed by atoms with Crippen molar-refractivity contribution in [1.29, 1.82) is 0 Å². The molecule has 2 nitrogen and oxygen atoms in total. The van der Waals surface area contributed by atoms with Crippen LogP contribution in [0.3, 0.4) is 0 Å². The maximum Gasteiger partial charge on any atom is 0.183 e. The van der Waals surface area contributed by atoms with Gasteiger partial charge in [-0.1, -0.05) is 64.5 Å². The van der Waals surface area contributed by atoms with Crippen molar-refractivity contribution in [2.24, 2.45) is 0 Å². The summed E-state index contributed by atoms with van der Waals surface area (Å²) in [7, 11) is 0. The Balaban J connectivity index is 1.59. The van der Waals surface area contributed by atoms with Gasteiger partial charge in [-0.25, -0.2) is 4.98 Å². The van der Waals surface area contributed by atoms with Crippen LogP contribution in [0.25, 0.3) is 10.2 Å². The summed E-state index contributed by atoms with van der Waals surface area (Å²) in [6, 6.07) is 16.9. The lowest BCUT2D eigenvalue weighted by Gasteiger charge is -2.11. The minimum Gasteiger partial charge on any atom is -0.361 e. The van der Waals surface area contributed by atoms with Crippen molar-refractivity contribution in [2.75, 3.05) is 11.9 Å². The Bertz CT molecular complexity index is 724. The molecule has 0 radical (unpaired) electrons. The smallest absolute Gasteiger partial charge is 0.183 e. The number of nitrogens with zero attached hydrogens (tertiary/aromatic N) is 1. The summed E-state index contributed by atoms with van der Waals surface area (Å²) < 4.78 is 2.31. The molecule has 3 aromatic rings. The molecule has 0 aliphatic heterocycles. The Morgan fingerprint density at radius 1 is 1.19 bits per heavy atom. The van der Waals surface area contributed by atoms with E-state index in [0.29, 0.717) is 5.92 Å².